The van der Waals surface area contributed by atoms with E-state index in [0.29, 0.717) is 0 Å². The quantitative estimate of drug-likeness (QED) is 0.868. The zero-order valence-corrected chi connectivity index (χ0v) is 12.6. The van der Waals surface area contributed by atoms with Crippen LogP contribution in [0.3, 0.4) is 0 Å². The summed E-state index contributed by atoms with van der Waals surface area (Å²) in [7, 11) is 0. The molecule has 1 aromatic carbocycles. The molecule has 0 amide bonds. The Labute approximate surface area is 115 Å². The summed E-state index contributed by atoms with van der Waals surface area (Å²) in [5, 5.41) is 4.43. The fourth-order valence-corrected chi connectivity index (χ4v) is 3.32. The van der Waals surface area contributed by atoms with Crippen molar-refractivity contribution in [3.05, 3.63) is 28.7 Å². The number of rotatable bonds is 2. The Bertz CT molecular complexity index is 433. The molecule has 0 saturated heterocycles. The second kappa shape index (κ2) is 5.44. The third kappa shape index (κ3) is 3.49. The van der Waals surface area contributed by atoms with Gasteiger partial charge < -0.3 is 5.32 Å². The molecule has 0 radical (unpaired) electrons. The highest BCUT2D eigenvalue weighted by Crippen LogP contribution is 2.30. The predicted molar refractivity (Wildman–Crippen MR) is 81.0 cm³/mol. The lowest BCUT2D eigenvalue weighted by Gasteiger charge is -2.29. The van der Waals surface area contributed by atoms with E-state index in [9.17, 15) is 0 Å². The van der Waals surface area contributed by atoms with E-state index in [0.717, 1.165) is 33.9 Å². The molecule has 1 atom stereocenters. The van der Waals surface area contributed by atoms with Crippen molar-refractivity contribution < 1.29 is 0 Å². The van der Waals surface area contributed by atoms with Gasteiger partial charge in [-0.1, -0.05) is 40.7 Å². The maximum absolute atomic E-state index is 4.81. The molecule has 1 N–H and O–H groups in total. The SMILES string of the molecule is CCC1(C)CCSC(Nc2cccc(Br)c2)=N1. The second-order valence-electron chi connectivity index (χ2n) is 4.50. The van der Waals surface area contributed by atoms with Crippen LogP contribution in [0, 0.1) is 0 Å². The van der Waals surface area contributed by atoms with Crippen LogP contribution in [0.15, 0.2) is 33.7 Å². The van der Waals surface area contributed by atoms with Crippen LogP contribution in [-0.2, 0) is 0 Å². The highest BCUT2D eigenvalue weighted by atomic mass is 79.9. The Hall–Kier alpha value is -0.480. The number of nitrogens with one attached hydrogen (secondary N) is 1. The Morgan fingerprint density at radius 2 is 2.35 bits per heavy atom. The molecule has 0 saturated carbocycles. The van der Waals surface area contributed by atoms with Gasteiger partial charge in [-0.3, -0.25) is 4.99 Å². The highest BCUT2D eigenvalue weighted by molar-refractivity contribution is 9.10. The maximum Gasteiger partial charge on any atom is 0.161 e. The number of hydrogen-bond donors (Lipinski definition) is 1. The molecule has 4 heteroatoms. The monoisotopic (exact) mass is 312 g/mol. The summed E-state index contributed by atoms with van der Waals surface area (Å²) >= 11 is 5.28. The van der Waals surface area contributed by atoms with Crippen LogP contribution in [0.2, 0.25) is 0 Å². The third-order valence-corrected chi connectivity index (χ3v) is 4.46. The summed E-state index contributed by atoms with van der Waals surface area (Å²) in [4.78, 5) is 4.81. The van der Waals surface area contributed by atoms with E-state index in [2.05, 4.69) is 47.2 Å². The first-order chi connectivity index (χ1) is 8.11. The van der Waals surface area contributed by atoms with E-state index >= 15 is 0 Å². The van der Waals surface area contributed by atoms with Gasteiger partial charge in [-0.15, -0.1) is 0 Å². The van der Waals surface area contributed by atoms with Gasteiger partial charge in [0.2, 0.25) is 0 Å². The molecule has 1 unspecified atom stereocenters. The Morgan fingerprint density at radius 3 is 3.06 bits per heavy atom. The summed E-state index contributed by atoms with van der Waals surface area (Å²) in [6.07, 6.45) is 2.26. The van der Waals surface area contributed by atoms with Crippen molar-refractivity contribution in [2.24, 2.45) is 4.99 Å². The van der Waals surface area contributed by atoms with Crippen molar-refractivity contribution in [2.75, 3.05) is 11.1 Å². The van der Waals surface area contributed by atoms with Gasteiger partial charge in [-0.2, -0.15) is 0 Å². The Balaban J connectivity index is 2.13. The minimum atomic E-state index is 0.111. The number of amidine groups is 1. The van der Waals surface area contributed by atoms with Gasteiger partial charge >= 0.3 is 0 Å². The average molecular weight is 313 g/mol. The molecule has 17 heavy (non-hydrogen) atoms. The number of anilines is 1. The van der Waals surface area contributed by atoms with Gasteiger partial charge in [-0.25, -0.2) is 0 Å². The number of thioether (sulfide) groups is 1. The van der Waals surface area contributed by atoms with E-state index < -0.39 is 0 Å². The van der Waals surface area contributed by atoms with Crippen molar-refractivity contribution in [2.45, 2.75) is 32.2 Å². The number of hydrogen-bond acceptors (Lipinski definition) is 3. The van der Waals surface area contributed by atoms with E-state index in [4.69, 9.17) is 4.99 Å². The zero-order valence-electron chi connectivity index (χ0n) is 10.2. The molecule has 0 aromatic heterocycles. The topological polar surface area (TPSA) is 24.4 Å². The molecule has 2 rings (SSSR count). The lowest BCUT2D eigenvalue weighted by Crippen LogP contribution is -2.29. The van der Waals surface area contributed by atoms with Crippen LogP contribution in [0.1, 0.15) is 26.7 Å². The fourth-order valence-electron chi connectivity index (χ4n) is 1.71. The maximum atomic E-state index is 4.81. The van der Waals surface area contributed by atoms with Crippen molar-refractivity contribution in [3.8, 4) is 0 Å². The second-order valence-corrected chi connectivity index (χ2v) is 6.50. The largest absolute Gasteiger partial charge is 0.335 e. The summed E-state index contributed by atoms with van der Waals surface area (Å²) < 4.78 is 1.09. The minimum absolute atomic E-state index is 0.111. The summed E-state index contributed by atoms with van der Waals surface area (Å²) in [6.45, 7) is 4.44. The van der Waals surface area contributed by atoms with Crippen molar-refractivity contribution in [1.82, 2.24) is 0 Å². The van der Waals surface area contributed by atoms with Gasteiger partial charge in [-0.05, 0) is 38.0 Å². The molecule has 92 valence electrons. The number of aliphatic imine (C=N–C) groups is 1. The van der Waals surface area contributed by atoms with E-state index in [1.54, 1.807) is 11.8 Å². The standard InChI is InChI=1S/C13H17BrN2S/c1-3-13(2)7-8-17-12(16-13)15-11-6-4-5-10(14)9-11/h4-6,9H,3,7-8H2,1-2H3,(H,15,16). The molecule has 0 bridgehead atoms. The van der Waals surface area contributed by atoms with Crippen LogP contribution in [-0.4, -0.2) is 16.5 Å². The Kier molecular flexibility index (Phi) is 4.15. The summed E-state index contributed by atoms with van der Waals surface area (Å²) in [5.41, 5.74) is 1.20. The van der Waals surface area contributed by atoms with Crippen LogP contribution >= 0.6 is 27.7 Å². The molecule has 0 spiro atoms. The molecular formula is C13H17BrN2S. The zero-order chi connectivity index (χ0) is 12.3. The number of halogens is 1. The van der Waals surface area contributed by atoms with Crippen molar-refractivity contribution in [1.29, 1.82) is 0 Å². The first-order valence-electron chi connectivity index (χ1n) is 5.86. The number of nitrogens with zero attached hydrogens (tertiary/aromatic N) is 1. The van der Waals surface area contributed by atoms with Crippen LogP contribution in [0.5, 0.6) is 0 Å². The van der Waals surface area contributed by atoms with Crippen molar-refractivity contribution in [3.63, 3.8) is 0 Å². The molecule has 0 aliphatic carbocycles. The van der Waals surface area contributed by atoms with Crippen LogP contribution < -0.4 is 5.32 Å². The van der Waals surface area contributed by atoms with Crippen LogP contribution in [0.25, 0.3) is 0 Å². The van der Waals surface area contributed by atoms with Gasteiger partial charge in [0.1, 0.15) is 0 Å². The van der Waals surface area contributed by atoms with E-state index in [1.807, 2.05) is 12.1 Å². The lowest BCUT2D eigenvalue weighted by molar-refractivity contribution is 0.443. The van der Waals surface area contributed by atoms with E-state index in [-0.39, 0.29) is 5.54 Å². The molecular weight excluding hydrogens is 296 g/mol. The molecule has 1 aromatic rings. The van der Waals surface area contributed by atoms with Gasteiger partial charge in [0.05, 0.1) is 5.54 Å². The highest BCUT2D eigenvalue weighted by Gasteiger charge is 2.25. The summed E-state index contributed by atoms with van der Waals surface area (Å²) in [6, 6.07) is 8.18. The van der Waals surface area contributed by atoms with E-state index in [1.165, 1.54) is 0 Å². The van der Waals surface area contributed by atoms with Crippen LogP contribution in [0.4, 0.5) is 5.69 Å². The predicted octanol–water partition coefficient (Wildman–Crippen LogP) is 4.52. The van der Waals surface area contributed by atoms with Crippen molar-refractivity contribution >= 4 is 38.5 Å². The normalized spacial score (nSPS) is 24.3. The molecule has 0 fully saturated rings. The molecule has 1 heterocycles. The molecule has 2 nitrogen and oxygen atoms in total. The summed E-state index contributed by atoms with van der Waals surface area (Å²) in [5.74, 6) is 1.14. The van der Waals surface area contributed by atoms with Gasteiger partial charge in [0, 0.05) is 15.9 Å². The third-order valence-electron chi connectivity index (χ3n) is 3.09. The minimum Gasteiger partial charge on any atom is -0.335 e. The molecule has 1 aliphatic heterocycles. The van der Waals surface area contributed by atoms with Gasteiger partial charge in [0.15, 0.2) is 5.17 Å². The molecule has 1 aliphatic rings. The fraction of sp³-hybridized carbons (Fsp3) is 0.462. The number of benzene rings is 1. The lowest BCUT2D eigenvalue weighted by atomic mass is 9.97. The van der Waals surface area contributed by atoms with Gasteiger partial charge in [0.25, 0.3) is 0 Å². The smallest absolute Gasteiger partial charge is 0.161 e. The average Bonchev–Trinajstić information content (AvgIpc) is 2.29. The Morgan fingerprint density at radius 1 is 1.53 bits per heavy atom. The first-order valence-corrected chi connectivity index (χ1v) is 7.64. The first kappa shape index (κ1) is 13.0.